The molecule has 94 valence electrons. The number of aryl methyl sites for hydroxylation is 1. The van der Waals surface area contributed by atoms with E-state index >= 15 is 0 Å². The summed E-state index contributed by atoms with van der Waals surface area (Å²) in [5.41, 5.74) is 14.9. The quantitative estimate of drug-likeness (QED) is 0.692. The van der Waals surface area contributed by atoms with E-state index < -0.39 is 5.79 Å². The van der Waals surface area contributed by atoms with Crippen LogP contribution in [0.3, 0.4) is 0 Å². The van der Waals surface area contributed by atoms with Crippen LogP contribution < -0.4 is 16.8 Å². The molecule has 1 aromatic carbocycles. The fraction of sp³-hybridized carbons (Fsp3) is 0.357. The van der Waals surface area contributed by atoms with Gasteiger partial charge in [-0.15, -0.1) is 0 Å². The van der Waals surface area contributed by atoms with Gasteiger partial charge in [-0.3, -0.25) is 5.73 Å². The van der Waals surface area contributed by atoms with Crippen LogP contribution in [0.4, 0.5) is 0 Å². The number of nitrogens with one attached hydrogen (secondary N) is 1. The highest BCUT2D eigenvalue weighted by atomic mass is 15.3. The standard InChI is InChI=1S/C14H18N4/c15-13-8-9-17-14(16,18-13)12-7-3-5-10-4-1-2-6-11(10)12/h1-2,4,6,8-9,12,17H,3,5,7,16H2,(H2,15,18). The summed E-state index contributed by atoms with van der Waals surface area (Å²) in [5, 5.41) is 3.17. The predicted octanol–water partition coefficient (Wildman–Crippen LogP) is 1.19. The molecular formula is C14H18N4. The largest absolute Gasteiger partial charge is 0.384 e. The van der Waals surface area contributed by atoms with Crippen LogP contribution in [0.2, 0.25) is 0 Å². The topological polar surface area (TPSA) is 76.4 Å². The van der Waals surface area contributed by atoms with Gasteiger partial charge in [0.15, 0.2) is 5.79 Å². The normalized spacial score (nSPS) is 30.3. The van der Waals surface area contributed by atoms with Gasteiger partial charge in [-0.25, -0.2) is 4.99 Å². The zero-order valence-corrected chi connectivity index (χ0v) is 10.3. The molecule has 18 heavy (non-hydrogen) atoms. The summed E-state index contributed by atoms with van der Waals surface area (Å²) in [7, 11) is 0. The molecule has 1 aliphatic carbocycles. The lowest BCUT2D eigenvalue weighted by molar-refractivity contribution is 0.289. The van der Waals surface area contributed by atoms with Crippen molar-refractivity contribution in [2.75, 3.05) is 0 Å². The van der Waals surface area contributed by atoms with Crippen LogP contribution in [0.1, 0.15) is 29.9 Å². The third kappa shape index (κ3) is 1.78. The van der Waals surface area contributed by atoms with E-state index in [-0.39, 0.29) is 5.92 Å². The van der Waals surface area contributed by atoms with Gasteiger partial charge in [-0.1, -0.05) is 24.3 Å². The van der Waals surface area contributed by atoms with Crippen LogP contribution in [-0.4, -0.2) is 11.6 Å². The Hall–Kier alpha value is -1.81. The van der Waals surface area contributed by atoms with Crippen molar-refractivity contribution in [1.29, 1.82) is 0 Å². The zero-order valence-electron chi connectivity index (χ0n) is 10.3. The Morgan fingerprint density at radius 3 is 3.00 bits per heavy atom. The molecule has 0 amide bonds. The number of hydrogen-bond acceptors (Lipinski definition) is 4. The van der Waals surface area contributed by atoms with E-state index in [1.165, 1.54) is 11.1 Å². The maximum Gasteiger partial charge on any atom is 0.191 e. The van der Waals surface area contributed by atoms with E-state index in [0.29, 0.717) is 5.84 Å². The van der Waals surface area contributed by atoms with Gasteiger partial charge in [-0.2, -0.15) is 0 Å². The molecule has 4 heteroatoms. The fourth-order valence-electron chi connectivity index (χ4n) is 2.93. The lowest BCUT2D eigenvalue weighted by Crippen LogP contribution is -2.57. The number of nitrogens with zero attached hydrogens (tertiary/aromatic N) is 1. The van der Waals surface area contributed by atoms with Crippen molar-refractivity contribution in [2.45, 2.75) is 31.0 Å². The maximum atomic E-state index is 6.41. The first kappa shape index (κ1) is 11.3. The second-order valence-electron chi connectivity index (χ2n) is 4.98. The number of nitrogens with two attached hydrogens (primary N) is 2. The van der Waals surface area contributed by atoms with E-state index in [1.807, 2.05) is 0 Å². The van der Waals surface area contributed by atoms with Gasteiger partial charge in [0.25, 0.3) is 0 Å². The minimum Gasteiger partial charge on any atom is -0.384 e. The van der Waals surface area contributed by atoms with Crippen LogP contribution in [-0.2, 0) is 6.42 Å². The molecule has 1 aromatic rings. The molecule has 0 saturated heterocycles. The smallest absolute Gasteiger partial charge is 0.191 e. The van der Waals surface area contributed by atoms with Gasteiger partial charge in [-0.05, 0) is 36.5 Å². The molecular weight excluding hydrogens is 224 g/mol. The molecule has 2 atom stereocenters. The van der Waals surface area contributed by atoms with E-state index in [2.05, 4.69) is 34.6 Å². The summed E-state index contributed by atoms with van der Waals surface area (Å²) in [6, 6.07) is 8.47. The Labute approximate surface area is 107 Å². The second kappa shape index (κ2) is 4.14. The summed E-state index contributed by atoms with van der Waals surface area (Å²) >= 11 is 0. The number of rotatable bonds is 1. The predicted molar refractivity (Wildman–Crippen MR) is 72.9 cm³/mol. The molecule has 0 spiro atoms. The summed E-state index contributed by atoms with van der Waals surface area (Å²) in [4.78, 5) is 4.41. The summed E-state index contributed by atoms with van der Waals surface area (Å²) < 4.78 is 0. The highest BCUT2D eigenvalue weighted by Gasteiger charge is 2.38. The third-order valence-corrected chi connectivity index (χ3v) is 3.78. The van der Waals surface area contributed by atoms with E-state index in [4.69, 9.17) is 11.5 Å². The first-order valence-electron chi connectivity index (χ1n) is 6.35. The molecule has 1 heterocycles. The molecule has 2 aliphatic rings. The number of benzene rings is 1. The SMILES string of the molecule is NC1=NC(N)(C2CCCc3ccccc32)NC=C1. The second-order valence-corrected chi connectivity index (χ2v) is 4.98. The van der Waals surface area contributed by atoms with Crippen molar-refractivity contribution in [3.05, 3.63) is 47.7 Å². The minimum atomic E-state index is -0.810. The lowest BCUT2D eigenvalue weighted by Gasteiger charge is -2.39. The molecule has 5 N–H and O–H groups in total. The van der Waals surface area contributed by atoms with Crippen LogP contribution in [0.25, 0.3) is 0 Å². The third-order valence-electron chi connectivity index (χ3n) is 3.78. The summed E-state index contributed by atoms with van der Waals surface area (Å²) in [6.45, 7) is 0. The van der Waals surface area contributed by atoms with Gasteiger partial charge in [0.05, 0.1) is 0 Å². The van der Waals surface area contributed by atoms with Gasteiger partial charge >= 0.3 is 0 Å². The van der Waals surface area contributed by atoms with E-state index in [9.17, 15) is 0 Å². The minimum absolute atomic E-state index is 0.172. The van der Waals surface area contributed by atoms with Crippen molar-refractivity contribution in [3.63, 3.8) is 0 Å². The van der Waals surface area contributed by atoms with Crippen LogP contribution >= 0.6 is 0 Å². The van der Waals surface area contributed by atoms with E-state index in [0.717, 1.165) is 19.3 Å². The molecule has 0 saturated carbocycles. The van der Waals surface area contributed by atoms with Crippen LogP contribution in [0, 0.1) is 0 Å². The number of amidine groups is 1. The molecule has 1 aliphatic heterocycles. The molecule has 0 aromatic heterocycles. The average Bonchev–Trinajstić information content (AvgIpc) is 2.38. The molecule has 0 radical (unpaired) electrons. The van der Waals surface area contributed by atoms with E-state index in [1.54, 1.807) is 12.3 Å². The zero-order chi connectivity index (χ0) is 12.6. The Bertz CT molecular complexity index is 520. The van der Waals surface area contributed by atoms with Gasteiger partial charge < -0.3 is 11.1 Å². The molecule has 0 bridgehead atoms. The van der Waals surface area contributed by atoms with Crippen LogP contribution in [0.15, 0.2) is 41.5 Å². The highest BCUT2D eigenvalue weighted by molar-refractivity contribution is 5.92. The Morgan fingerprint density at radius 2 is 2.17 bits per heavy atom. The number of aliphatic imine (C=N–C) groups is 1. The van der Waals surface area contributed by atoms with Crippen molar-refractivity contribution in [2.24, 2.45) is 16.5 Å². The van der Waals surface area contributed by atoms with Crippen molar-refractivity contribution >= 4 is 5.84 Å². The summed E-state index contributed by atoms with van der Waals surface area (Å²) in [5.74, 6) is -0.153. The Kier molecular flexibility index (Phi) is 2.59. The van der Waals surface area contributed by atoms with Gasteiger partial charge in [0.2, 0.25) is 0 Å². The average molecular weight is 242 g/mol. The number of fused-ring (bicyclic) bond motifs is 1. The molecule has 2 unspecified atom stereocenters. The Morgan fingerprint density at radius 1 is 1.33 bits per heavy atom. The van der Waals surface area contributed by atoms with Gasteiger partial charge in [0.1, 0.15) is 5.84 Å². The first-order chi connectivity index (χ1) is 8.69. The summed E-state index contributed by atoms with van der Waals surface area (Å²) in [6.07, 6.45) is 6.82. The lowest BCUT2D eigenvalue weighted by atomic mass is 9.79. The molecule has 3 rings (SSSR count). The highest BCUT2D eigenvalue weighted by Crippen LogP contribution is 2.38. The van der Waals surface area contributed by atoms with Crippen LogP contribution in [0.5, 0.6) is 0 Å². The van der Waals surface area contributed by atoms with Crippen molar-refractivity contribution in [1.82, 2.24) is 5.32 Å². The van der Waals surface area contributed by atoms with Crippen molar-refractivity contribution < 1.29 is 0 Å². The van der Waals surface area contributed by atoms with Gasteiger partial charge in [0, 0.05) is 12.1 Å². The van der Waals surface area contributed by atoms with Crippen molar-refractivity contribution in [3.8, 4) is 0 Å². The fourth-order valence-corrected chi connectivity index (χ4v) is 2.93. The Balaban J connectivity index is 2.01. The number of hydrogen-bond donors (Lipinski definition) is 3. The first-order valence-corrected chi connectivity index (χ1v) is 6.35. The monoisotopic (exact) mass is 242 g/mol. The molecule has 0 fully saturated rings. The molecule has 4 nitrogen and oxygen atoms in total. The maximum absolute atomic E-state index is 6.41.